The molecule has 0 bridgehead atoms. The average Bonchev–Trinajstić information content (AvgIpc) is 1.61. The molecule has 0 aliphatic carbocycles. The van der Waals surface area contributed by atoms with Crippen LogP contribution in [0.2, 0.25) is 0 Å². The molecule has 0 amide bonds. The highest BCUT2D eigenvalue weighted by Gasteiger charge is 1.64. The van der Waals surface area contributed by atoms with Crippen LogP contribution in [0.25, 0.3) is 0 Å². The van der Waals surface area contributed by atoms with Crippen molar-refractivity contribution in [3.63, 3.8) is 0 Å². The van der Waals surface area contributed by atoms with E-state index in [9.17, 15) is 0 Å². The monoisotopic (exact) mass is 85.1 g/mol. The summed E-state index contributed by atoms with van der Waals surface area (Å²) in [6.45, 7) is 5.04. The summed E-state index contributed by atoms with van der Waals surface area (Å²) in [6, 6.07) is 0. The molecule has 0 spiro atoms. The molecule has 6 heavy (non-hydrogen) atoms. The number of rotatable bonds is 2. The second-order valence-electron chi connectivity index (χ2n) is 1.16. The third-order valence-corrected chi connectivity index (χ3v) is 0.535. The first-order chi connectivity index (χ1) is 2.91. The van der Waals surface area contributed by atoms with Crippen LogP contribution in [0.1, 0.15) is 20.3 Å². The van der Waals surface area contributed by atoms with E-state index in [2.05, 4.69) is 11.9 Å². The quantitative estimate of drug-likeness (QED) is 0.450. The Kier molecular flexibility index (Phi) is 4.41. The predicted molar refractivity (Wildman–Crippen MR) is 29.3 cm³/mol. The van der Waals surface area contributed by atoms with Gasteiger partial charge in [-0.25, -0.2) is 0 Å². The van der Waals surface area contributed by atoms with Crippen molar-refractivity contribution in [1.82, 2.24) is 0 Å². The summed E-state index contributed by atoms with van der Waals surface area (Å²) < 4.78 is 0. The number of nitrogens with zero attached hydrogens (tertiary/aromatic N) is 1. The first-order valence-corrected chi connectivity index (χ1v) is 2.36. The normalized spacial score (nSPS) is 10.3. The van der Waals surface area contributed by atoms with Crippen molar-refractivity contribution in [2.75, 3.05) is 6.54 Å². The van der Waals surface area contributed by atoms with Crippen LogP contribution in [0.5, 0.6) is 0 Å². The summed E-state index contributed by atoms with van der Waals surface area (Å²) in [4.78, 5) is 3.97. The first-order valence-electron chi connectivity index (χ1n) is 2.36. The van der Waals surface area contributed by atoms with Crippen molar-refractivity contribution in [3.05, 3.63) is 0 Å². The van der Waals surface area contributed by atoms with Gasteiger partial charge in [-0.15, -0.1) is 0 Å². The maximum Gasteiger partial charge on any atom is 0.0382 e. The summed E-state index contributed by atoms with van der Waals surface area (Å²) in [5.41, 5.74) is 0. The molecule has 0 aliphatic rings. The molecule has 0 aliphatic heterocycles. The Labute approximate surface area is 39.1 Å². The van der Waals surface area contributed by atoms with E-state index in [1.165, 1.54) is 0 Å². The summed E-state index contributed by atoms with van der Waals surface area (Å²) in [6.07, 6.45) is 2.99. The Balaban J connectivity index is 2.66. The van der Waals surface area contributed by atoms with Crippen LogP contribution >= 0.6 is 0 Å². The second-order valence-corrected chi connectivity index (χ2v) is 1.16. The molecule has 0 heterocycles. The minimum atomic E-state index is 0.983. The van der Waals surface area contributed by atoms with Crippen LogP contribution in [0.4, 0.5) is 0 Å². The van der Waals surface area contributed by atoms with Gasteiger partial charge in [0.05, 0.1) is 0 Å². The third-order valence-electron chi connectivity index (χ3n) is 0.535. The molecule has 0 N–H and O–H groups in total. The zero-order valence-corrected chi connectivity index (χ0v) is 4.44. The van der Waals surface area contributed by atoms with Crippen LogP contribution < -0.4 is 0 Å². The van der Waals surface area contributed by atoms with Gasteiger partial charge in [-0.1, -0.05) is 6.92 Å². The molecule has 0 saturated heterocycles. The van der Waals surface area contributed by atoms with E-state index in [1.54, 1.807) is 0 Å². The van der Waals surface area contributed by atoms with Gasteiger partial charge in [-0.2, -0.15) is 0 Å². The molecule has 0 aromatic heterocycles. The van der Waals surface area contributed by atoms with E-state index in [0.717, 1.165) is 13.0 Å². The molecular formula is C5H11N. The van der Waals surface area contributed by atoms with Crippen LogP contribution in [0.3, 0.4) is 0 Å². The standard InChI is InChI=1S/C5H11N/c1-3-5-6-4-2/h4H,3,5H2,1-2H3. The summed E-state index contributed by atoms with van der Waals surface area (Å²) in [5.74, 6) is 0. The van der Waals surface area contributed by atoms with Crippen molar-refractivity contribution >= 4 is 6.21 Å². The highest BCUT2D eigenvalue weighted by molar-refractivity contribution is 5.53. The Morgan fingerprint density at radius 3 is 2.50 bits per heavy atom. The van der Waals surface area contributed by atoms with Gasteiger partial charge in [-0.05, 0) is 19.6 Å². The van der Waals surface area contributed by atoms with Crippen molar-refractivity contribution in [2.24, 2.45) is 4.99 Å². The smallest absolute Gasteiger partial charge is 0.0382 e. The molecule has 0 atom stereocenters. The molecule has 0 unspecified atom stereocenters. The molecule has 0 fully saturated rings. The van der Waals surface area contributed by atoms with Crippen molar-refractivity contribution < 1.29 is 0 Å². The molecule has 0 saturated carbocycles. The van der Waals surface area contributed by atoms with Gasteiger partial charge < -0.3 is 0 Å². The van der Waals surface area contributed by atoms with Gasteiger partial charge in [0.25, 0.3) is 0 Å². The third kappa shape index (κ3) is 3.67. The van der Waals surface area contributed by atoms with E-state index < -0.39 is 0 Å². The van der Waals surface area contributed by atoms with E-state index >= 15 is 0 Å². The Bertz CT molecular complexity index is 39.2. The maximum atomic E-state index is 3.97. The van der Waals surface area contributed by atoms with Gasteiger partial charge in [-0.3, -0.25) is 4.99 Å². The number of hydrogen-bond acceptors (Lipinski definition) is 1. The minimum Gasteiger partial charge on any atom is -0.298 e. The van der Waals surface area contributed by atoms with Gasteiger partial charge in [0.1, 0.15) is 0 Å². The van der Waals surface area contributed by atoms with E-state index in [1.807, 2.05) is 13.1 Å². The van der Waals surface area contributed by atoms with Gasteiger partial charge >= 0.3 is 0 Å². The van der Waals surface area contributed by atoms with E-state index in [0.29, 0.717) is 0 Å². The summed E-state index contributed by atoms with van der Waals surface area (Å²) in [5, 5.41) is 0. The molecule has 36 valence electrons. The zero-order valence-electron chi connectivity index (χ0n) is 4.44. The molecule has 0 aromatic rings. The summed E-state index contributed by atoms with van der Waals surface area (Å²) >= 11 is 0. The molecule has 0 rings (SSSR count). The van der Waals surface area contributed by atoms with Gasteiger partial charge in [0.15, 0.2) is 0 Å². The largest absolute Gasteiger partial charge is 0.298 e. The SMILES string of the molecule is CC=NCCC. The van der Waals surface area contributed by atoms with Crippen molar-refractivity contribution in [2.45, 2.75) is 20.3 Å². The van der Waals surface area contributed by atoms with Crippen molar-refractivity contribution in [1.29, 1.82) is 0 Å². The molecular weight excluding hydrogens is 74.1 g/mol. The zero-order chi connectivity index (χ0) is 4.83. The van der Waals surface area contributed by atoms with Gasteiger partial charge in [0, 0.05) is 6.54 Å². The predicted octanol–water partition coefficient (Wildman–Crippen LogP) is 1.49. The van der Waals surface area contributed by atoms with Crippen molar-refractivity contribution in [3.8, 4) is 0 Å². The van der Waals surface area contributed by atoms with Crippen LogP contribution in [0.15, 0.2) is 4.99 Å². The molecule has 0 aromatic carbocycles. The topological polar surface area (TPSA) is 12.4 Å². The van der Waals surface area contributed by atoms with E-state index in [4.69, 9.17) is 0 Å². The van der Waals surface area contributed by atoms with E-state index in [-0.39, 0.29) is 0 Å². The lowest BCUT2D eigenvalue weighted by molar-refractivity contribution is 0.936. The number of aliphatic imine (C=N–C) groups is 1. The van der Waals surface area contributed by atoms with Gasteiger partial charge in [0.2, 0.25) is 0 Å². The fraction of sp³-hybridized carbons (Fsp3) is 0.800. The van der Waals surface area contributed by atoms with Crippen LogP contribution in [0, 0.1) is 0 Å². The molecule has 0 radical (unpaired) electrons. The fourth-order valence-corrected chi connectivity index (χ4v) is 0.258. The Morgan fingerprint density at radius 1 is 1.67 bits per heavy atom. The fourth-order valence-electron chi connectivity index (χ4n) is 0.258. The lowest BCUT2D eigenvalue weighted by atomic mass is 10.5. The molecule has 1 nitrogen and oxygen atoms in total. The highest BCUT2D eigenvalue weighted by atomic mass is 14.7. The lowest BCUT2D eigenvalue weighted by Gasteiger charge is -1.77. The van der Waals surface area contributed by atoms with Crippen LogP contribution in [-0.2, 0) is 0 Å². The number of hydrogen-bond donors (Lipinski definition) is 0. The average molecular weight is 85.2 g/mol. The summed E-state index contributed by atoms with van der Waals surface area (Å²) in [7, 11) is 0. The minimum absolute atomic E-state index is 0.983. The maximum absolute atomic E-state index is 3.97. The Hall–Kier alpha value is -0.330. The Morgan fingerprint density at radius 2 is 2.33 bits per heavy atom. The highest BCUT2D eigenvalue weighted by Crippen LogP contribution is 1.72. The van der Waals surface area contributed by atoms with Crippen LogP contribution in [-0.4, -0.2) is 12.8 Å². The lowest BCUT2D eigenvalue weighted by Crippen LogP contribution is -1.71. The molecule has 1 heteroatoms. The first kappa shape index (κ1) is 5.67. The second kappa shape index (κ2) is 4.67.